The van der Waals surface area contributed by atoms with E-state index < -0.39 is 0 Å². The van der Waals surface area contributed by atoms with E-state index >= 15 is 0 Å². The summed E-state index contributed by atoms with van der Waals surface area (Å²) in [7, 11) is 0. The van der Waals surface area contributed by atoms with Crippen LogP contribution in [0.15, 0.2) is 18.2 Å². The summed E-state index contributed by atoms with van der Waals surface area (Å²) in [6.45, 7) is 4.36. The minimum atomic E-state index is 0.552. The van der Waals surface area contributed by atoms with Gasteiger partial charge in [0.05, 0.1) is 11.6 Å². The lowest BCUT2D eigenvalue weighted by molar-refractivity contribution is 0.312. The number of halogens is 2. The Balaban J connectivity index is 2.56. The molecule has 0 aliphatic carbocycles. The van der Waals surface area contributed by atoms with Crippen LogP contribution in [0.25, 0.3) is 0 Å². The van der Waals surface area contributed by atoms with E-state index in [1.54, 1.807) is 18.2 Å². The second-order valence-corrected chi connectivity index (χ2v) is 3.47. The van der Waals surface area contributed by atoms with Crippen LogP contribution in [0.3, 0.4) is 0 Å². The molecule has 0 aliphatic rings. The Hall–Kier alpha value is -0.400. The van der Waals surface area contributed by atoms with E-state index in [4.69, 9.17) is 27.9 Å². The highest BCUT2D eigenvalue weighted by Crippen LogP contribution is 2.27. The second-order valence-electron chi connectivity index (χ2n) is 2.63. The highest BCUT2D eigenvalue weighted by atomic mass is 35.5. The molecule has 0 N–H and O–H groups in total. The van der Waals surface area contributed by atoms with E-state index in [0.717, 1.165) is 12.8 Å². The zero-order valence-electron chi connectivity index (χ0n) is 7.22. The van der Waals surface area contributed by atoms with Crippen LogP contribution in [0, 0.1) is 6.92 Å². The van der Waals surface area contributed by atoms with Gasteiger partial charge in [0.15, 0.2) is 0 Å². The van der Waals surface area contributed by atoms with E-state index in [2.05, 4.69) is 6.92 Å². The number of hydrogen-bond donors (Lipinski definition) is 0. The average Bonchev–Trinajstić information content (AvgIpc) is 2.09. The molecule has 1 aromatic carbocycles. The van der Waals surface area contributed by atoms with Crippen molar-refractivity contribution < 1.29 is 4.74 Å². The Labute approximate surface area is 88.6 Å². The van der Waals surface area contributed by atoms with Crippen LogP contribution in [0.2, 0.25) is 10.0 Å². The van der Waals surface area contributed by atoms with Crippen LogP contribution in [0.4, 0.5) is 0 Å². The standard InChI is InChI=1S/C10H11Cl2O/c1-2-3-6-13-10-5-4-8(11)7-9(10)12/h4-5,7H,1-3,6H2. The molecule has 0 saturated carbocycles. The molecule has 13 heavy (non-hydrogen) atoms. The molecule has 1 nitrogen and oxygen atoms in total. The lowest BCUT2D eigenvalue weighted by atomic mass is 10.3. The number of benzene rings is 1. The van der Waals surface area contributed by atoms with Gasteiger partial charge in [-0.15, -0.1) is 0 Å². The third-order valence-electron chi connectivity index (χ3n) is 1.55. The fourth-order valence-electron chi connectivity index (χ4n) is 0.876. The van der Waals surface area contributed by atoms with Crippen molar-refractivity contribution in [3.8, 4) is 5.75 Å². The lowest BCUT2D eigenvalue weighted by Gasteiger charge is -2.06. The molecule has 0 atom stereocenters. The lowest BCUT2D eigenvalue weighted by Crippen LogP contribution is -1.96. The largest absolute Gasteiger partial charge is 0.492 e. The summed E-state index contributed by atoms with van der Waals surface area (Å²) in [5.41, 5.74) is 0. The van der Waals surface area contributed by atoms with Crippen molar-refractivity contribution in [1.82, 2.24) is 0 Å². The van der Waals surface area contributed by atoms with Gasteiger partial charge in [0.1, 0.15) is 5.75 Å². The zero-order valence-corrected chi connectivity index (χ0v) is 8.74. The number of hydrogen-bond acceptors (Lipinski definition) is 1. The van der Waals surface area contributed by atoms with Crippen molar-refractivity contribution >= 4 is 23.2 Å². The van der Waals surface area contributed by atoms with Gasteiger partial charge in [0.2, 0.25) is 0 Å². The van der Waals surface area contributed by atoms with Gasteiger partial charge in [0, 0.05) is 5.02 Å². The molecule has 0 aromatic heterocycles. The summed E-state index contributed by atoms with van der Waals surface area (Å²) in [6, 6.07) is 5.20. The molecular weight excluding hydrogens is 207 g/mol. The number of unbranched alkanes of at least 4 members (excludes halogenated alkanes) is 1. The van der Waals surface area contributed by atoms with Gasteiger partial charge in [-0.1, -0.05) is 36.5 Å². The first-order valence-electron chi connectivity index (χ1n) is 4.11. The molecular formula is C10H11Cl2O. The summed E-state index contributed by atoms with van der Waals surface area (Å²) in [6.07, 6.45) is 1.80. The van der Waals surface area contributed by atoms with Crippen molar-refractivity contribution in [2.75, 3.05) is 6.61 Å². The maximum atomic E-state index is 5.88. The Morgan fingerprint density at radius 2 is 2.08 bits per heavy atom. The topological polar surface area (TPSA) is 9.23 Å². The van der Waals surface area contributed by atoms with Crippen LogP contribution in [-0.4, -0.2) is 6.61 Å². The summed E-state index contributed by atoms with van der Waals surface area (Å²) >= 11 is 11.6. The van der Waals surface area contributed by atoms with E-state index in [0.29, 0.717) is 22.4 Å². The fraction of sp³-hybridized carbons (Fsp3) is 0.300. The van der Waals surface area contributed by atoms with Gasteiger partial charge in [-0.3, -0.25) is 0 Å². The Morgan fingerprint density at radius 3 is 2.69 bits per heavy atom. The molecule has 0 unspecified atom stereocenters. The van der Waals surface area contributed by atoms with Crippen LogP contribution in [0.1, 0.15) is 12.8 Å². The summed E-state index contributed by atoms with van der Waals surface area (Å²) in [5.74, 6) is 0.680. The van der Waals surface area contributed by atoms with Crippen molar-refractivity contribution in [3.63, 3.8) is 0 Å². The first-order valence-corrected chi connectivity index (χ1v) is 4.86. The average molecular weight is 218 g/mol. The van der Waals surface area contributed by atoms with Crippen molar-refractivity contribution in [1.29, 1.82) is 0 Å². The van der Waals surface area contributed by atoms with E-state index in [-0.39, 0.29) is 0 Å². The zero-order chi connectivity index (χ0) is 9.68. The van der Waals surface area contributed by atoms with E-state index in [1.165, 1.54) is 0 Å². The third kappa shape index (κ3) is 3.45. The normalized spacial score (nSPS) is 10.1. The summed E-state index contributed by atoms with van der Waals surface area (Å²) < 4.78 is 5.40. The Kier molecular flexibility index (Phi) is 4.40. The molecule has 71 valence electrons. The molecule has 0 bridgehead atoms. The summed E-state index contributed by atoms with van der Waals surface area (Å²) in [5, 5.41) is 1.17. The predicted octanol–water partition coefficient (Wildman–Crippen LogP) is 3.99. The minimum Gasteiger partial charge on any atom is -0.492 e. The second kappa shape index (κ2) is 5.36. The van der Waals surface area contributed by atoms with Crippen LogP contribution in [-0.2, 0) is 0 Å². The van der Waals surface area contributed by atoms with Crippen LogP contribution in [0.5, 0.6) is 5.75 Å². The van der Waals surface area contributed by atoms with Crippen molar-refractivity contribution in [2.45, 2.75) is 12.8 Å². The molecule has 0 fully saturated rings. The fourth-order valence-corrected chi connectivity index (χ4v) is 1.34. The Bertz CT molecular complexity index is 274. The van der Waals surface area contributed by atoms with E-state index in [9.17, 15) is 0 Å². The highest BCUT2D eigenvalue weighted by molar-refractivity contribution is 6.35. The Morgan fingerprint density at radius 1 is 1.31 bits per heavy atom. The van der Waals surface area contributed by atoms with Crippen LogP contribution < -0.4 is 4.74 Å². The monoisotopic (exact) mass is 217 g/mol. The van der Waals surface area contributed by atoms with Gasteiger partial charge in [-0.25, -0.2) is 0 Å². The smallest absolute Gasteiger partial charge is 0.137 e. The highest BCUT2D eigenvalue weighted by Gasteiger charge is 2.00. The summed E-state index contributed by atoms with van der Waals surface area (Å²) in [4.78, 5) is 0. The molecule has 1 radical (unpaired) electrons. The molecule has 3 heteroatoms. The minimum absolute atomic E-state index is 0.552. The third-order valence-corrected chi connectivity index (χ3v) is 2.08. The van der Waals surface area contributed by atoms with Gasteiger partial charge >= 0.3 is 0 Å². The molecule has 0 amide bonds. The van der Waals surface area contributed by atoms with Gasteiger partial charge in [0.25, 0.3) is 0 Å². The quantitative estimate of drug-likeness (QED) is 0.694. The molecule has 1 aromatic rings. The SMILES string of the molecule is [CH2]CCCOc1ccc(Cl)cc1Cl. The van der Waals surface area contributed by atoms with Gasteiger partial charge < -0.3 is 4.74 Å². The van der Waals surface area contributed by atoms with E-state index in [1.807, 2.05) is 0 Å². The number of rotatable bonds is 4. The van der Waals surface area contributed by atoms with Crippen molar-refractivity contribution in [3.05, 3.63) is 35.2 Å². The first-order chi connectivity index (χ1) is 6.24. The number of ether oxygens (including phenoxy) is 1. The maximum absolute atomic E-state index is 5.88. The molecule has 0 aliphatic heterocycles. The van der Waals surface area contributed by atoms with Crippen LogP contribution >= 0.6 is 23.2 Å². The maximum Gasteiger partial charge on any atom is 0.137 e. The molecule has 0 spiro atoms. The van der Waals surface area contributed by atoms with Crippen molar-refractivity contribution in [2.24, 2.45) is 0 Å². The van der Waals surface area contributed by atoms with Gasteiger partial charge in [-0.2, -0.15) is 0 Å². The molecule has 1 rings (SSSR count). The predicted molar refractivity (Wildman–Crippen MR) is 56.5 cm³/mol. The first kappa shape index (κ1) is 10.7. The molecule has 0 saturated heterocycles. The molecule has 0 heterocycles. The van der Waals surface area contributed by atoms with Gasteiger partial charge in [-0.05, 0) is 24.6 Å².